The van der Waals surface area contributed by atoms with Gasteiger partial charge in [0.05, 0.1) is 6.61 Å². The molecular formula is C13H19N3O3. The predicted octanol–water partition coefficient (Wildman–Crippen LogP) is 0.274. The second-order valence-corrected chi connectivity index (χ2v) is 4.72. The van der Waals surface area contributed by atoms with Gasteiger partial charge in [0.1, 0.15) is 12.4 Å². The van der Waals surface area contributed by atoms with E-state index in [2.05, 4.69) is 10.5 Å². The van der Waals surface area contributed by atoms with Gasteiger partial charge in [-0.15, -0.1) is 0 Å². The number of aliphatic hydroxyl groups excluding tert-OH is 1. The Labute approximate surface area is 111 Å². The number of aliphatic hydroxyl groups is 1. The molecule has 0 aliphatic heterocycles. The van der Waals surface area contributed by atoms with Crippen LogP contribution in [0.25, 0.3) is 0 Å². The van der Waals surface area contributed by atoms with Gasteiger partial charge in [-0.2, -0.15) is 0 Å². The largest absolute Gasteiger partial charge is 0.492 e. The first-order chi connectivity index (χ1) is 9.19. The van der Waals surface area contributed by atoms with E-state index in [1.165, 1.54) is 0 Å². The minimum atomic E-state index is -0.0563. The molecule has 0 saturated heterocycles. The lowest BCUT2D eigenvalue weighted by Crippen LogP contribution is -2.37. The fourth-order valence-corrected chi connectivity index (χ4v) is 1.81. The SMILES string of the molecule is N/C(=N/O)c1ccc(OCCNC2(CO)CC2)cc1. The summed E-state index contributed by atoms with van der Waals surface area (Å²) in [4.78, 5) is 0. The minimum absolute atomic E-state index is 0.0563. The molecule has 6 nitrogen and oxygen atoms in total. The Balaban J connectivity index is 1.74. The van der Waals surface area contributed by atoms with Gasteiger partial charge in [-0.25, -0.2) is 0 Å². The van der Waals surface area contributed by atoms with Crippen LogP contribution in [-0.4, -0.2) is 41.4 Å². The molecule has 1 aliphatic carbocycles. The lowest BCUT2D eigenvalue weighted by Gasteiger charge is -2.14. The summed E-state index contributed by atoms with van der Waals surface area (Å²) in [6.07, 6.45) is 2.05. The summed E-state index contributed by atoms with van der Waals surface area (Å²) in [7, 11) is 0. The summed E-state index contributed by atoms with van der Waals surface area (Å²) < 4.78 is 5.55. The van der Waals surface area contributed by atoms with E-state index in [9.17, 15) is 0 Å². The molecule has 1 saturated carbocycles. The van der Waals surface area contributed by atoms with Gasteiger partial charge >= 0.3 is 0 Å². The van der Waals surface area contributed by atoms with Gasteiger partial charge in [0.2, 0.25) is 0 Å². The summed E-state index contributed by atoms with van der Waals surface area (Å²) in [6, 6.07) is 7.00. The van der Waals surface area contributed by atoms with E-state index in [0.29, 0.717) is 18.7 Å². The van der Waals surface area contributed by atoms with Crippen LogP contribution in [0, 0.1) is 0 Å². The maximum absolute atomic E-state index is 9.13. The summed E-state index contributed by atoms with van der Waals surface area (Å²) >= 11 is 0. The first-order valence-electron chi connectivity index (χ1n) is 6.26. The Morgan fingerprint density at radius 1 is 1.37 bits per heavy atom. The highest BCUT2D eigenvalue weighted by Crippen LogP contribution is 2.34. The van der Waals surface area contributed by atoms with E-state index in [1.54, 1.807) is 24.3 Å². The molecule has 0 aromatic heterocycles. The highest BCUT2D eigenvalue weighted by Gasteiger charge is 2.41. The molecule has 104 valence electrons. The monoisotopic (exact) mass is 265 g/mol. The van der Waals surface area contributed by atoms with E-state index < -0.39 is 0 Å². The van der Waals surface area contributed by atoms with Gasteiger partial charge in [0, 0.05) is 17.6 Å². The Hall–Kier alpha value is -1.79. The number of rotatable bonds is 7. The van der Waals surface area contributed by atoms with E-state index in [-0.39, 0.29) is 18.0 Å². The number of nitrogens with two attached hydrogens (primary N) is 1. The Kier molecular flexibility index (Phi) is 4.24. The summed E-state index contributed by atoms with van der Waals surface area (Å²) in [5.74, 6) is 0.803. The van der Waals surface area contributed by atoms with Crippen molar-refractivity contribution in [1.82, 2.24) is 5.32 Å². The molecule has 0 radical (unpaired) electrons. The number of ether oxygens (including phenoxy) is 1. The molecule has 19 heavy (non-hydrogen) atoms. The average Bonchev–Trinajstić information content (AvgIpc) is 3.24. The van der Waals surface area contributed by atoms with Crippen molar-refractivity contribution in [2.45, 2.75) is 18.4 Å². The lowest BCUT2D eigenvalue weighted by atomic mass is 10.2. The van der Waals surface area contributed by atoms with Crippen molar-refractivity contribution in [2.24, 2.45) is 10.9 Å². The molecule has 0 spiro atoms. The molecule has 1 aromatic carbocycles. The average molecular weight is 265 g/mol. The number of hydrogen-bond acceptors (Lipinski definition) is 5. The van der Waals surface area contributed by atoms with E-state index in [1.807, 2.05) is 0 Å². The van der Waals surface area contributed by atoms with Gasteiger partial charge in [-0.3, -0.25) is 0 Å². The summed E-state index contributed by atoms with van der Waals surface area (Å²) in [6.45, 7) is 1.41. The molecule has 1 aromatic rings. The second-order valence-electron chi connectivity index (χ2n) is 4.72. The zero-order valence-corrected chi connectivity index (χ0v) is 10.7. The number of hydrogen-bond donors (Lipinski definition) is 4. The second kappa shape index (κ2) is 5.90. The van der Waals surface area contributed by atoms with Crippen molar-refractivity contribution in [3.63, 3.8) is 0 Å². The Morgan fingerprint density at radius 3 is 2.58 bits per heavy atom. The highest BCUT2D eigenvalue weighted by molar-refractivity contribution is 5.97. The topological polar surface area (TPSA) is 100 Å². The van der Waals surface area contributed by atoms with Crippen LogP contribution < -0.4 is 15.8 Å². The van der Waals surface area contributed by atoms with Crippen molar-refractivity contribution < 1.29 is 15.1 Å². The van der Waals surface area contributed by atoms with Crippen molar-refractivity contribution in [3.05, 3.63) is 29.8 Å². The molecule has 6 heteroatoms. The zero-order chi connectivity index (χ0) is 13.7. The van der Waals surface area contributed by atoms with Crippen LogP contribution in [0.15, 0.2) is 29.4 Å². The van der Waals surface area contributed by atoms with Crippen LogP contribution in [0.1, 0.15) is 18.4 Å². The van der Waals surface area contributed by atoms with Crippen molar-refractivity contribution >= 4 is 5.84 Å². The van der Waals surface area contributed by atoms with Gasteiger partial charge in [0.25, 0.3) is 0 Å². The first-order valence-corrected chi connectivity index (χ1v) is 6.26. The third kappa shape index (κ3) is 3.59. The standard InChI is InChI=1S/C13H19N3O3/c14-12(16-18)10-1-3-11(4-2-10)19-8-7-15-13(9-17)5-6-13/h1-4,15,17-18H,5-9H2,(H2,14,16). The normalized spacial score (nSPS) is 17.2. The fourth-order valence-electron chi connectivity index (χ4n) is 1.81. The molecule has 1 fully saturated rings. The minimum Gasteiger partial charge on any atom is -0.492 e. The quantitative estimate of drug-likeness (QED) is 0.186. The van der Waals surface area contributed by atoms with Gasteiger partial charge in [0.15, 0.2) is 5.84 Å². The van der Waals surface area contributed by atoms with E-state index >= 15 is 0 Å². The summed E-state index contributed by atoms with van der Waals surface area (Å²) in [5, 5.41) is 23.9. The van der Waals surface area contributed by atoms with Gasteiger partial charge in [-0.1, -0.05) is 5.16 Å². The molecule has 0 amide bonds. The zero-order valence-electron chi connectivity index (χ0n) is 10.7. The molecule has 5 N–H and O–H groups in total. The van der Waals surface area contributed by atoms with E-state index in [0.717, 1.165) is 18.6 Å². The summed E-state index contributed by atoms with van der Waals surface area (Å²) in [5.41, 5.74) is 6.05. The molecular weight excluding hydrogens is 246 g/mol. The Bertz CT molecular complexity index is 441. The first kappa shape index (κ1) is 13.6. The number of oxime groups is 1. The molecule has 1 aliphatic rings. The van der Waals surface area contributed by atoms with Gasteiger partial charge in [-0.05, 0) is 37.1 Å². The van der Waals surface area contributed by atoms with Crippen LogP contribution in [0.3, 0.4) is 0 Å². The lowest BCUT2D eigenvalue weighted by molar-refractivity contribution is 0.219. The Morgan fingerprint density at radius 2 is 2.05 bits per heavy atom. The van der Waals surface area contributed by atoms with Crippen molar-refractivity contribution in [2.75, 3.05) is 19.8 Å². The molecule has 0 bridgehead atoms. The predicted molar refractivity (Wildman–Crippen MR) is 71.5 cm³/mol. The smallest absolute Gasteiger partial charge is 0.170 e. The molecule has 0 heterocycles. The molecule has 2 rings (SSSR count). The van der Waals surface area contributed by atoms with Gasteiger partial charge < -0.3 is 26.1 Å². The maximum Gasteiger partial charge on any atom is 0.170 e. The molecule has 0 atom stereocenters. The number of nitrogens with zero attached hydrogens (tertiary/aromatic N) is 1. The number of benzene rings is 1. The number of nitrogens with one attached hydrogen (secondary N) is 1. The van der Waals surface area contributed by atoms with Crippen LogP contribution in [0.2, 0.25) is 0 Å². The van der Waals surface area contributed by atoms with Crippen LogP contribution in [0.4, 0.5) is 0 Å². The van der Waals surface area contributed by atoms with Crippen LogP contribution >= 0.6 is 0 Å². The number of amidine groups is 1. The maximum atomic E-state index is 9.13. The van der Waals surface area contributed by atoms with Crippen LogP contribution in [-0.2, 0) is 0 Å². The van der Waals surface area contributed by atoms with E-state index in [4.69, 9.17) is 20.8 Å². The fraction of sp³-hybridized carbons (Fsp3) is 0.462. The van der Waals surface area contributed by atoms with Crippen molar-refractivity contribution in [3.8, 4) is 5.75 Å². The van der Waals surface area contributed by atoms with Crippen molar-refractivity contribution in [1.29, 1.82) is 0 Å². The highest BCUT2D eigenvalue weighted by atomic mass is 16.5. The molecule has 0 unspecified atom stereocenters. The third-order valence-electron chi connectivity index (χ3n) is 3.28. The van der Waals surface area contributed by atoms with Crippen LogP contribution in [0.5, 0.6) is 5.75 Å². The third-order valence-corrected chi connectivity index (χ3v) is 3.28.